The SMILES string of the molecule is Cc1nc(-c2nnn3c2CCCCC3c2ccc(C(F)(F)F)cc2)cc(=O)[nH]1. The van der Waals surface area contributed by atoms with E-state index in [4.69, 9.17) is 0 Å². The molecule has 0 saturated heterocycles. The number of nitrogens with one attached hydrogen (secondary N) is 1. The molecule has 146 valence electrons. The second-order valence-electron chi connectivity index (χ2n) is 6.93. The summed E-state index contributed by atoms with van der Waals surface area (Å²) in [6, 6.07) is 6.37. The van der Waals surface area contributed by atoms with Gasteiger partial charge < -0.3 is 4.98 Å². The molecule has 1 unspecified atom stereocenters. The van der Waals surface area contributed by atoms with Crippen LogP contribution in [0.5, 0.6) is 0 Å². The minimum atomic E-state index is -4.36. The maximum absolute atomic E-state index is 12.9. The van der Waals surface area contributed by atoms with E-state index in [0.717, 1.165) is 42.7 Å². The minimum absolute atomic E-state index is 0.205. The predicted octanol–water partition coefficient (Wildman–Crippen LogP) is 3.67. The van der Waals surface area contributed by atoms with Gasteiger partial charge >= 0.3 is 6.18 Å². The molecule has 9 heteroatoms. The lowest BCUT2D eigenvalue weighted by Gasteiger charge is -2.18. The second kappa shape index (κ2) is 6.88. The fourth-order valence-electron chi connectivity index (χ4n) is 3.65. The van der Waals surface area contributed by atoms with Gasteiger partial charge in [-0.15, -0.1) is 5.10 Å². The van der Waals surface area contributed by atoms with Gasteiger partial charge in [0.1, 0.15) is 17.2 Å². The van der Waals surface area contributed by atoms with Crippen molar-refractivity contribution in [2.24, 2.45) is 0 Å². The Morgan fingerprint density at radius 3 is 2.61 bits per heavy atom. The van der Waals surface area contributed by atoms with Crippen molar-refractivity contribution in [2.75, 3.05) is 0 Å². The largest absolute Gasteiger partial charge is 0.416 e. The number of aryl methyl sites for hydroxylation is 1. The van der Waals surface area contributed by atoms with Crippen LogP contribution in [0.3, 0.4) is 0 Å². The topological polar surface area (TPSA) is 76.5 Å². The monoisotopic (exact) mass is 389 g/mol. The third-order valence-corrected chi connectivity index (χ3v) is 4.95. The summed E-state index contributed by atoms with van der Waals surface area (Å²) in [6.07, 6.45) is -1.08. The number of nitrogens with zero attached hydrogens (tertiary/aromatic N) is 4. The van der Waals surface area contributed by atoms with Crippen LogP contribution >= 0.6 is 0 Å². The van der Waals surface area contributed by atoms with Crippen molar-refractivity contribution in [3.05, 3.63) is 63.3 Å². The summed E-state index contributed by atoms with van der Waals surface area (Å²) in [5.41, 5.74) is 1.66. The number of alkyl halides is 3. The summed E-state index contributed by atoms with van der Waals surface area (Å²) >= 11 is 0. The van der Waals surface area contributed by atoms with Crippen molar-refractivity contribution >= 4 is 0 Å². The summed E-state index contributed by atoms with van der Waals surface area (Å²) in [5, 5.41) is 8.52. The normalized spacial score (nSPS) is 17.2. The van der Waals surface area contributed by atoms with Crippen molar-refractivity contribution in [3.8, 4) is 11.4 Å². The molecule has 2 aromatic heterocycles. The Kier molecular flexibility index (Phi) is 4.52. The number of halogens is 3. The molecule has 4 rings (SSSR count). The molecule has 0 spiro atoms. The molecule has 0 aliphatic carbocycles. The van der Waals surface area contributed by atoms with Crippen molar-refractivity contribution in [2.45, 2.75) is 44.8 Å². The quantitative estimate of drug-likeness (QED) is 0.726. The number of hydrogen-bond donors (Lipinski definition) is 1. The van der Waals surface area contributed by atoms with E-state index in [0.29, 0.717) is 23.6 Å². The average Bonchev–Trinajstić information content (AvgIpc) is 2.93. The third-order valence-electron chi connectivity index (χ3n) is 4.95. The highest BCUT2D eigenvalue weighted by Crippen LogP contribution is 2.34. The molecular formula is C19H18F3N5O. The Bertz CT molecular complexity index is 1050. The summed E-state index contributed by atoms with van der Waals surface area (Å²) in [5.74, 6) is 0.483. The van der Waals surface area contributed by atoms with Crippen molar-refractivity contribution in [1.29, 1.82) is 0 Å². The number of fused-ring (bicyclic) bond motifs is 1. The van der Waals surface area contributed by atoms with Crippen LogP contribution in [0.2, 0.25) is 0 Å². The first-order valence-electron chi connectivity index (χ1n) is 9.02. The molecule has 0 radical (unpaired) electrons. The van der Waals surface area contributed by atoms with E-state index in [2.05, 4.69) is 20.3 Å². The first kappa shape index (κ1) is 18.4. The zero-order valence-electron chi connectivity index (χ0n) is 15.1. The van der Waals surface area contributed by atoms with Crippen LogP contribution in [0.15, 0.2) is 35.1 Å². The molecule has 0 saturated carbocycles. The van der Waals surface area contributed by atoms with Crippen LogP contribution in [-0.4, -0.2) is 25.0 Å². The summed E-state index contributed by atoms with van der Waals surface area (Å²) in [4.78, 5) is 18.8. The third kappa shape index (κ3) is 3.44. The van der Waals surface area contributed by atoms with Gasteiger partial charge in [0.2, 0.25) is 0 Å². The van der Waals surface area contributed by atoms with Gasteiger partial charge in [-0.05, 0) is 43.9 Å². The molecule has 6 nitrogen and oxygen atoms in total. The van der Waals surface area contributed by atoms with Gasteiger partial charge in [-0.1, -0.05) is 23.8 Å². The van der Waals surface area contributed by atoms with Gasteiger partial charge in [-0.3, -0.25) is 4.79 Å². The highest BCUT2D eigenvalue weighted by Gasteiger charge is 2.31. The lowest BCUT2D eigenvalue weighted by Crippen LogP contribution is -2.14. The maximum Gasteiger partial charge on any atom is 0.416 e. The van der Waals surface area contributed by atoms with Gasteiger partial charge in [0.15, 0.2) is 0 Å². The summed E-state index contributed by atoms with van der Waals surface area (Å²) < 4.78 is 40.3. The summed E-state index contributed by atoms with van der Waals surface area (Å²) in [6.45, 7) is 1.69. The van der Waals surface area contributed by atoms with E-state index >= 15 is 0 Å². The number of rotatable bonds is 2. The second-order valence-corrected chi connectivity index (χ2v) is 6.93. The van der Waals surface area contributed by atoms with Gasteiger partial charge in [0, 0.05) is 6.07 Å². The van der Waals surface area contributed by atoms with Gasteiger partial charge in [0.25, 0.3) is 5.56 Å². The fourth-order valence-corrected chi connectivity index (χ4v) is 3.65. The molecule has 1 aliphatic heterocycles. The number of benzene rings is 1. The Morgan fingerprint density at radius 1 is 1.18 bits per heavy atom. The van der Waals surface area contributed by atoms with Gasteiger partial charge in [-0.25, -0.2) is 9.67 Å². The molecule has 0 bridgehead atoms. The zero-order valence-corrected chi connectivity index (χ0v) is 15.1. The number of aromatic nitrogens is 5. The Labute approximate surface area is 158 Å². The van der Waals surface area contributed by atoms with Gasteiger partial charge in [-0.2, -0.15) is 13.2 Å². The van der Waals surface area contributed by atoms with Crippen LogP contribution in [-0.2, 0) is 12.6 Å². The van der Waals surface area contributed by atoms with Crippen molar-refractivity contribution < 1.29 is 13.2 Å². The van der Waals surface area contributed by atoms with E-state index in [-0.39, 0.29) is 11.6 Å². The van der Waals surface area contributed by atoms with E-state index in [1.54, 1.807) is 11.6 Å². The first-order valence-corrected chi connectivity index (χ1v) is 9.02. The molecule has 3 heterocycles. The average molecular weight is 389 g/mol. The first-order chi connectivity index (χ1) is 13.3. The number of aromatic amines is 1. The predicted molar refractivity (Wildman–Crippen MR) is 95.7 cm³/mol. The molecule has 1 aliphatic rings. The maximum atomic E-state index is 12.9. The van der Waals surface area contributed by atoms with Gasteiger partial charge in [0.05, 0.1) is 17.3 Å². The zero-order chi connectivity index (χ0) is 19.9. The van der Waals surface area contributed by atoms with Crippen LogP contribution in [0, 0.1) is 6.92 Å². The molecule has 28 heavy (non-hydrogen) atoms. The van der Waals surface area contributed by atoms with E-state index in [9.17, 15) is 18.0 Å². The molecule has 3 aromatic rings. The Balaban J connectivity index is 1.76. The van der Waals surface area contributed by atoms with Crippen LogP contribution < -0.4 is 5.56 Å². The van der Waals surface area contributed by atoms with E-state index in [1.165, 1.54) is 18.2 Å². The van der Waals surface area contributed by atoms with E-state index < -0.39 is 11.7 Å². The lowest BCUT2D eigenvalue weighted by atomic mass is 10.0. The fraction of sp³-hybridized carbons (Fsp3) is 0.368. The Hall–Kier alpha value is -2.97. The number of H-pyrrole nitrogens is 1. The van der Waals surface area contributed by atoms with E-state index in [1.807, 2.05) is 0 Å². The Morgan fingerprint density at radius 2 is 1.93 bits per heavy atom. The molecule has 1 atom stereocenters. The minimum Gasteiger partial charge on any atom is -0.311 e. The van der Waals surface area contributed by atoms with Crippen molar-refractivity contribution in [3.63, 3.8) is 0 Å². The van der Waals surface area contributed by atoms with Crippen LogP contribution in [0.25, 0.3) is 11.4 Å². The van der Waals surface area contributed by atoms with Crippen molar-refractivity contribution in [1.82, 2.24) is 25.0 Å². The lowest BCUT2D eigenvalue weighted by molar-refractivity contribution is -0.137. The molecule has 1 aromatic carbocycles. The highest BCUT2D eigenvalue weighted by atomic mass is 19.4. The number of hydrogen-bond acceptors (Lipinski definition) is 4. The molecular weight excluding hydrogens is 371 g/mol. The highest BCUT2D eigenvalue weighted by molar-refractivity contribution is 5.56. The standard InChI is InChI=1S/C19H18F3N5O/c1-11-23-14(10-17(28)24-11)18-16-5-3-2-4-15(27(16)26-25-18)12-6-8-13(9-7-12)19(20,21)22/h6-10,15H,2-5H2,1H3,(H,23,24,28). The smallest absolute Gasteiger partial charge is 0.311 e. The molecule has 0 amide bonds. The summed E-state index contributed by atoms with van der Waals surface area (Å²) in [7, 11) is 0. The van der Waals surface area contributed by atoms with Crippen LogP contribution in [0.4, 0.5) is 13.2 Å². The van der Waals surface area contributed by atoms with Crippen LogP contribution in [0.1, 0.15) is 47.9 Å². The molecule has 0 fully saturated rings. The molecule has 1 N–H and O–H groups in total.